The zero-order valence-electron chi connectivity index (χ0n) is 22.0. The second kappa shape index (κ2) is 10.9. The fourth-order valence-electron chi connectivity index (χ4n) is 5.69. The number of ether oxygens (including phenoxy) is 1. The van der Waals surface area contributed by atoms with Gasteiger partial charge in [-0.1, -0.05) is 20.8 Å². The Balaban J connectivity index is 1.33. The van der Waals surface area contributed by atoms with Gasteiger partial charge in [0.25, 0.3) is 0 Å². The van der Waals surface area contributed by atoms with Gasteiger partial charge in [-0.15, -0.1) is 0 Å². The molecule has 190 valence electrons. The van der Waals surface area contributed by atoms with Gasteiger partial charge in [0, 0.05) is 62.6 Å². The molecule has 3 heterocycles. The summed E-state index contributed by atoms with van der Waals surface area (Å²) in [5, 5.41) is 3.10. The van der Waals surface area contributed by atoms with Crippen LogP contribution in [0.15, 0.2) is 6.07 Å². The van der Waals surface area contributed by atoms with Crippen LogP contribution < -0.4 is 10.2 Å². The molecule has 34 heavy (non-hydrogen) atoms. The molecule has 1 aliphatic carbocycles. The van der Waals surface area contributed by atoms with Crippen molar-refractivity contribution in [3.05, 3.63) is 17.6 Å². The SMILES string of the molecule is CC(=O)NC1CCC(CCN2CCN(c3cc(C4CCOC4)nc(C(C)(C)C)n3)CC2C)CC1. The summed E-state index contributed by atoms with van der Waals surface area (Å²) >= 11 is 0. The van der Waals surface area contributed by atoms with Crippen molar-refractivity contribution in [3.63, 3.8) is 0 Å². The number of hydrogen-bond donors (Lipinski definition) is 1. The first-order valence-corrected chi connectivity index (χ1v) is 13.4. The van der Waals surface area contributed by atoms with E-state index in [1.807, 2.05) is 0 Å². The predicted molar refractivity (Wildman–Crippen MR) is 136 cm³/mol. The maximum Gasteiger partial charge on any atom is 0.217 e. The van der Waals surface area contributed by atoms with Gasteiger partial charge in [0.2, 0.25) is 5.91 Å². The molecule has 1 amide bonds. The molecule has 2 atom stereocenters. The Hall–Kier alpha value is -1.73. The van der Waals surface area contributed by atoms with E-state index in [4.69, 9.17) is 14.7 Å². The van der Waals surface area contributed by atoms with E-state index >= 15 is 0 Å². The van der Waals surface area contributed by atoms with Gasteiger partial charge in [-0.05, 0) is 57.9 Å². The first-order chi connectivity index (χ1) is 16.2. The molecule has 2 saturated heterocycles. The van der Waals surface area contributed by atoms with E-state index in [1.54, 1.807) is 6.92 Å². The molecule has 2 aliphatic heterocycles. The second-order valence-electron chi connectivity index (χ2n) is 11.8. The Labute approximate surface area is 206 Å². The minimum atomic E-state index is -0.0728. The zero-order chi connectivity index (χ0) is 24.3. The van der Waals surface area contributed by atoms with Gasteiger partial charge in [-0.25, -0.2) is 9.97 Å². The summed E-state index contributed by atoms with van der Waals surface area (Å²) < 4.78 is 5.65. The normalized spacial score (nSPS) is 28.8. The average Bonchev–Trinajstić information content (AvgIpc) is 3.33. The number of piperazine rings is 1. The zero-order valence-corrected chi connectivity index (χ0v) is 22.0. The van der Waals surface area contributed by atoms with Crippen molar-refractivity contribution in [3.8, 4) is 0 Å². The number of carbonyl (C=O) groups excluding carboxylic acids is 1. The van der Waals surface area contributed by atoms with E-state index < -0.39 is 0 Å². The van der Waals surface area contributed by atoms with Gasteiger partial charge in [0.15, 0.2) is 0 Å². The minimum Gasteiger partial charge on any atom is -0.381 e. The first-order valence-electron chi connectivity index (χ1n) is 13.4. The summed E-state index contributed by atoms with van der Waals surface area (Å²) in [4.78, 5) is 26.4. The molecule has 0 spiro atoms. The summed E-state index contributed by atoms with van der Waals surface area (Å²) in [7, 11) is 0. The summed E-state index contributed by atoms with van der Waals surface area (Å²) in [6.07, 6.45) is 7.06. The number of aromatic nitrogens is 2. The van der Waals surface area contributed by atoms with Crippen LogP contribution in [0.4, 0.5) is 5.82 Å². The lowest BCUT2D eigenvalue weighted by molar-refractivity contribution is -0.119. The highest BCUT2D eigenvalue weighted by atomic mass is 16.5. The van der Waals surface area contributed by atoms with Crippen LogP contribution in [0.1, 0.15) is 90.6 Å². The van der Waals surface area contributed by atoms with Gasteiger partial charge in [-0.3, -0.25) is 9.69 Å². The third kappa shape index (κ3) is 6.48. The molecule has 1 aromatic rings. The van der Waals surface area contributed by atoms with Crippen molar-refractivity contribution in [2.24, 2.45) is 5.92 Å². The molecule has 4 rings (SSSR count). The predicted octanol–water partition coefficient (Wildman–Crippen LogP) is 3.87. The summed E-state index contributed by atoms with van der Waals surface area (Å²) in [6.45, 7) is 16.5. The van der Waals surface area contributed by atoms with Crippen LogP contribution >= 0.6 is 0 Å². The van der Waals surface area contributed by atoms with Gasteiger partial charge < -0.3 is 15.0 Å². The summed E-state index contributed by atoms with van der Waals surface area (Å²) in [5.74, 6) is 3.32. The lowest BCUT2D eigenvalue weighted by Gasteiger charge is -2.41. The number of anilines is 1. The molecule has 7 heteroatoms. The largest absolute Gasteiger partial charge is 0.381 e. The number of nitrogens with zero attached hydrogens (tertiary/aromatic N) is 4. The fraction of sp³-hybridized carbons (Fsp3) is 0.815. The molecule has 2 unspecified atom stereocenters. The van der Waals surface area contributed by atoms with E-state index in [2.05, 4.69) is 48.9 Å². The van der Waals surface area contributed by atoms with Crippen molar-refractivity contribution in [2.45, 2.75) is 96.6 Å². The molecular formula is C27H45N5O2. The van der Waals surface area contributed by atoms with Gasteiger partial charge in [0.1, 0.15) is 11.6 Å². The van der Waals surface area contributed by atoms with Crippen molar-refractivity contribution in [1.82, 2.24) is 20.2 Å². The fourth-order valence-corrected chi connectivity index (χ4v) is 5.69. The molecule has 1 N–H and O–H groups in total. The number of nitrogens with one attached hydrogen (secondary N) is 1. The van der Waals surface area contributed by atoms with Crippen molar-refractivity contribution < 1.29 is 9.53 Å². The highest BCUT2D eigenvalue weighted by Gasteiger charge is 2.30. The molecule has 3 aliphatic rings. The maximum absolute atomic E-state index is 11.3. The van der Waals surface area contributed by atoms with Crippen molar-refractivity contribution in [1.29, 1.82) is 0 Å². The average molecular weight is 472 g/mol. The molecule has 0 radical (unpaired) electrons. The second-order valence-corrected chi connectivity index (χ2v) is 11.8. The molecule has 7 nitrogen and oxygen atoms in total. The van der Waals surface area contributed by atoms with Crippen LogP contribution in [0.5, 0.6) is 0 Å². The van der Waals surface area contributed by atoms with Crippen LogP contribution in [0.2, 0.25) is 0 Å². The third-order valence-corrected chi connectivity index (χ3v) is 7.92. The molecule has 3 fully saturated rings. The van der Waals surface area contributed by atoms with Crippen LogP contribution in [0, 0.1) is 5.92 Å². The van der Waals surface area contributed by atoms with Gasteiger partial charge in [0.05, 0.1) is 12.3 Å². The quantitative estimate of drug-likeness (QED) is 0.679. The van der Waals surface area contributed by atoms with E-state index in [0.717, 1.165) is 75.4 Å². The number of amides is 1. The molecule has 1 aromatic heterocycles. The topological polar surface area (TPSA) is 70.6 Å². The van der Waals surface area contributed by atoms with E-state index in [1.165, 1.54) is 25.8 Å². The minimum absolute atomic E-state index is 0.0728. The maximum atomic E-state index is 11.3. The van der Waals surface area contributed by atoms with Crippen LogP contribution in [-0.4, -0.2) is 72.3 Å². The van der Waals surface area contributed by atoms with Crippen LogP contribution in [0.3, 0.4) is 0 Å². The Morgan fingerprint density at radius 2 is 1.91 bits per heavy atom. The van der Waals surface area contributed by atoms with E-state index in [9.17, 15) is 4.79 Å². The number of hydrogen-bond acceptors (Lipinski definition) is 6. The van der Waals surface area contributed by atoms with Crippen molar-refractivity contribution in [2.75, 3.05) is 44.3 Å². The smallest absolute Gasteiger partial charge is 0.217 e. The lowest BCUT2D eigenvalue weighted by Crippen LogP contribution is -2.52. The molecule has 0 aromatic carbocycles. The monoisotopic (exact) mass is 471 g/mol. The number of rotatable bonds is 6. The van der Waals surface area contributed by atoms with Crippen LogP contribution in [-0.2, 0) is 14.9 Å². The Morgan fingerprint density at radius 3 is 2.53 bits per heavy atom. The number of carbonyl (C=O) groups is 1. The Kier molecular flexibility index (Phi) is 8.13. The standard InChI is InChI=1S/C27H45N5O2/c1-19-17-32(14-13-31(19)12-10-21-6-8-23(9-7-21)28-20(2)33)25-16-24(22-11-15-34-18-22)29-26(30-25)27(3,4)5/h16,19,21-23H,6-15,17-18H2,1-5H3,(H,28,33). The summed E-state index contributed by atoms with van der Waals surface area (Å²) in [6, 6.07) is 3.13. The third-order valence-electron chi connectivity index (χ3n) is 7.92. The Bertz CT molecular complexity index is 825. The van der Waals surface area contributed by atoms with Crippen LogP contribution in [0.25, 0.3) is 0 Å². The highest BCUT2D eigenvalue weighted by Crippen LogP contribution is 2.31. The first kappa shape index (κ1) is 25.4. The van der Waals surface area contributed by atoms with E-state index in [-0.39, 0.29) is 11.3 Å². The molecule has 0 bridgehead atoms. The summed E-state index contributed by atoms with van der Waals surface area (Å²) in [5.41, 5.74) is 1.08. The Morgan fingerprint density at radius 1 is 1.15 bits per heavy atom. The lowest BCUT2D eigenvalue weighted by atomic mass is 9.84. The van der Waals surface area contributed by atoms with Gasteiger partial charge >= 0.3 is 0 Å². The van der Waals surface area contributed by atoms with E-state index in [0.29, 0.717) is 18.0 Å². The van der Waals surface area contributed by atoms with Gasteiger partial charge in [-0.2, -0.15) is 0 Å². The molecule has 1 saturated carbocycles. The molecular weight excluding hydrogens is 426 g/mol. The highest BCUT2D eigenvalue weighted by molar-refractivity contribution is 5.73. The van der Waals surface area contributed by atoms with Crippen molar-refractivity contribution >= 4 is 11.7 Å².